The lowest BCUT2D eigenvalue weighted by atomic mass is 10.2. The van der Waals surface area contributed by atoms with Crippen LogP contribution >= 0.6 is 23.5 Å². The Bertz CT molecular complexity index is 550. The second kappa shape index (κ2) is 6.73. The molecule has 0 bridgehead atoms. The van der Waals surface area contributed by atoms with Gasteiger partial charge in [-0.1, -0.05) is 13.0 Å². The zero-order valence-electron chi connectivity index (χ0n) is 10.5. The van der Waals surface area contributed by atoms with Crippen LogP contribution in [0.3, 0.4) is 0 Å². The first kappa shape index (κ1) is 14.1. The minimum absolute atomic E-state index is 0.394. The minimum Gasteiger partial charge on any atom is -0.478 e. The van der Waals surface area contributed by atoms with E-state index in [1.165, 1.54) is 11.8 Å². The van der Waals surface area contributed by atoms with Crippen molar-refractivity contribution in [3.63, 3.8) is 0 Å². The molecular formula is C14H14O3S2. The van der Waals surface area contributed by atoms with Gasteiger partial charge in [0, 0.05) is 9.79 Å². The SMILES string of the molecule is CCSc1cccc(SCc2ccco2)c1C(=O)O. The van der Waals surface area contributed by atoms with E-state index >= 15 is 0 Å². The number of hydrogen-bond acceptors (Lipinski definition) is 4. The van der Waals surface area contributed by atoms with Gasteiger partial charge in [0.05, 0.1) is 17.6 Å². The average molecular weight is 294 g/mol. The molecule has 0 unspecified atom stereocenters. The second-order valence-corrected chi connectivity index (χ2v) is 6.06. The molecule has 100 valence electrons. The van der Waals surface area contributed by atoms with Crippen LogP contribution in [0.15, 0.2) is 50.8 Å². The largest absolute Gasteiger partial charge is 0.478 e. The van der Waals surface area contributed by atoms with Crippen LogP contribution in [0.1, 0.15) is 23.0 Å². The molecule has 0 aliphatic carbocycles. The number of furan rings is 1. The maximum absolute atomic E-state index is 11.4. The van der Waals surface area contributed by atoms with Crippen LogP contribution in [-0.2, 0) is 5.75 Å². The molecule has 0 aliphatic rings. The second-order valence-electron chi connectivity index (χ2n) is 3.74. The summed E-state index contributed by atoms with van der Waals surface area (Å²) in [6.07, 6.45) is 1.62. The number of aromatic carboxylic acids is 1. The molecule has 0 saturated carbocycles. The van der Waals surface area contributed by atoms with E-state index in [9.17, 15) is 9.90 Å². The topological polar surface area (TPSA) is 50.4 Å². The van der Waals surface area contributed by atoms with Gasteiger partial charge in [-0.2, -0.15) is 0 Å². The quantitative estimate of drug-likeness (QED) is 0.801. The Labute approximate surface area is 120 Å². The van der Waals surface area contributed by atoms with Crippen LogP contribution in [0.5, 0.6) is 0 Å². The lowest BCUT2D eigenvalue weighted by Gasteiger charge is -2.09. The van der Waals surface area contributed by atoms with Crippen molar-refractivity contribution < 1.29 is 14.3 Å². The Hall–Kier alpha value is -1.33. The van der Waals surface area contributed by atoms with Gasteiger partial charge in [-0.25, -0.2) is 4.79 Å². The Kier molecular flexibility index (Phi) is 4.99. The molecule has 1 N–H and O–H groups in total. The molecule has 2 aromatic rings. The first-order valence-electron chi connectivity index (χ1n) is 5.86. The summed E-state index contributed by atoms with van der Waals surface area (Å²) in [6.45, 7) is 2.01. The highest BCUT2D eigenvalue weighted by Gasteiger charge is 2.16. The van der Waals surface area contributed by atoms with Gasteiger partial charge in [0.15, 0.2) is 0 Å². The molecule has 19 heavy (non-hydrogen) atoms. The first-order chi connectivity index (χ1) is 9.22. The molecule has 0 aliphatic heterocycles. The first-order valence-corrected chi connectivity index (χ1v) is 7.83. The molecule has 1 aromatic heterocycles. The van der Waals surface area contributed by atoms with Gasteiger partial charge < -0.3 is 9.52 Å². The van der Waals surface area contributed by atoms with E-state index in [-0.39, 0.29) is 0 Å². The Morgan fingerprint density at radius 2 is 1.95 bits per heavy atom. The molecule has 1 heterocycles. The summed E-state index contributed by atoms with van der Waals surface area (Å²) in [5, 5.41) is 9.38. The fraction of sp³-hybridized carbons (Fsp3) is 0.214. The summed E-state index contributed by atoms with van der Waals surface area (Å²) in [6, 6.07) is 9.32. The van der Waals surface area contributed by atoms with Crippen LogP contribution in [0.25, 0.3) is 0 Å². The molecule has 0 amide bonds. The van der Waals surface area contributed by atoms with Crippen molar-refractivity contribution in [2.75, 3.05) is 5.75 Å². The van der Waals surface area contributed by atoms with Crippen molar-refractivity contribution in [2.45, 2.75) is 22.5 Å². The zero-order valence-corrected chi connectivity index (χ0v) is 12.1. The standard InChI is InChI=1S/C14H14O3S2/c1-2-18-11-6-3-7-12(13(11)14(15)16)19-9-10-5-4-8-17-10/h3-8H,2,9H2,1H3,(H,15,16). The van der Waals surface area contributed by atoms with Crippen molar-refractivity contribution in [3.8, 4) is 0 Å². The van der Waals surface area contributed by atoms with Crippen molar-refractivity contribution in [3.05, 3.63) is 47.9 Å². The van der Waals surface area contributed by atoms with E-state index in [0.717, 1.165) is 21.3 Å². The summed E-state index contributed by atoms with van der Waals surface area (Å²) in [7, 11) is 0. The molecule has 0 saturated heterocycles. The fourth-order valence-electron chi connectivity index (χ4n) is 1.66. The van der Waals surface area contributed by atoms with E-state index in [1.54, 1.807) is 18.0 Å². The minimum atomic E-state index is -0.876. The smallest absolute Gasteiger partial charge is 0.337 e. The van der Waals surface area contributed by atoms with Crippen molar-refractivity contribution in [1.82, 2.24) is 0 Å². The highest BCUT2D eigenvalue weighted by Crippen LogP contribution is 2.33. The Morgan fingerprint density at radius 3 is 2.53 bits per heavy atom. The van der Waals surface area contributed by atoms with Crippen molar-refractivity contribution in [1.29, 1.82) is 0 Å². The number of carboxylic acids is 1. The molecule has 0 spiro atoms. The van der Waals surface area contributed by atoms with Gasteiger partial charge in [-0.3, -0.25) is 0 Å². The van der Waals surface area contributed by atoms with Crippen molar-refractivity contribution >= 4 is 29.5 Å². The summed E-state index contributed by atoms with van der Waals surface area (Å²) >= 11 is 3.04. The highest BCUT2D eigenvalue weighted by molar-refractivity contribution is 7.99. The van der Waals surface area contributed by atoms with Gasteiger partial charge in [-0.15, -0.1) is 23.5 Å². The predicted octanol–water partition coefficient (Wildman–Crippen LogP) is 4.38. The molecular weight excluding hydrogens is 280 g/mol. The molecule has 3 nitrogen and oxygen atoms in total. The van der Waals surface area contributed by atoms with Crippen LogP contribution in [0, 0.1) is 0 Å². The number of carboxylic acid groups (broad SMARTS) is 1. The maximum atomic E-state index is 11.4. The third kappa shape index (κ3) is 3.58. The lowest BCUT2D eigenvalue weighted by Crippen LogP contribution is -2.01. The average Bonchev–Trinajstić information content (AvgIpc) is 2.89. The maximum Gasteiger partial charge on any atom is 0.337 e. The van der Waals surface area contributed by atoms with Gasteiger partial charge in [-0.05, 0) is 30.0 Å². The van der Waals surface area contributed by atoms with Crippen LogP contribution in [-0.4, -0.2) is 16.8 Å². The van der Waals surface area contributed by atoms with E-state index < -0.39 is 5.97 Å². The summed E-state index contributed by atoms with van der Waals surface area (Å²) < 4.78 is 5.26. The normalized spacial score (nSPS) is 10.6. The van der Waals surface area contributed by atoms with Crippen LogP contribution < -0.4 is 0 Å². The number of carbonyl (C=O) groups is 1. The van der Waals surface area contributed by atoms with Gasteiger partial charge >= 0.3 is 5.97 Å². The van der Waals surface area contributed by atoms with E-state index in [1.807, 2.05) is 37.3 Å². The van der Waals surface area contributed by atoms with Gasteiger partial charge in [0.2, 0.25) is 0 Å². The summed E-state index contributed by atoms with van der Waals surface area (Å²) in [4.78, 5) is 13.0. The molecule has 2 rings (SSSR count). The fourth-order valence-corrected chi connectivity index (χ4v) is 3.53. The number of rotatable bonds is 6. The number of hydrogen-bond donors (Lipinski definition) is 1. The molecule has 1 aromatic carbocycles. The molecule has 5 heteroatoms. The summed E-state index contributed by atoms with van der Waals surface area (Å²) in [5.74, 6) is 1.45. The lowest BCUT2D eigenvalue weighted by molar-refractivity contribution is 0.0689. The van der Waals surface area contributed by atoms with Crippen LogP contribution in [0.4, 0.5) is 0 Å². The van der Waals surface area contributed by atoms with Gasteiger partial charge in [0.1, 0.15) is 5.76 Å². The predicted molar refractivity (Wildman–Crippen MR) is 78.1 cm³/mol. The zero-order chi connectivity index (χ0) is 13.7. The van der Waals surface area contributed by atoms with E-state index in [2.05, 4.69) is 0 Å². The Morgan fingerprint density at radius 1 is 1.21 bits per heavy atom. The third-order valence-electron chi connectivity index (χ3n) is 2.45. The Balaban J connectivity index is 2.23. The number of benzene rings is 1. The van der Waals surface area contributed by atoms with E-state index in [0.29, 0.717) is 11.3 Å². The van der Waals surface area contributed by atoms with Crippen LogP contribution in [0.2, 0.25) is 0 Å². The number of thioether (sulfide) groups is 2. The molecule has 0 radical (unpaired) electrons. The summed E-state index contributed by atoms with van der Waals surface area (Å²) in [5.41, 5.74) is 0.394. The van der Waals surface area contributed by atoms with Gasteiger partial charge in [0.25, 0.3) is 0 Å². The molecule has 0 atom stereocenters. The van der Waals surface area contributed by atoms with E-state index in [4.69, 9.17) is 4.42 Å². The third-order valence-corrected chi connectivity index (χ3v) is 4.47. The monoisotopic (exact) mass is 294 g/mol. The highest BCUT2D eigenvalue weighted by atomic mass is 32.2. The van der Waals surface area contributed by atoms with Crippen molar-refractivity contribution in [2.24, 2.45) is 0 Å². The molecule has 0 fully saturated rings.